The molecule has 4 aromatic rings. The van der Waals surface area contributed by atoms with Crippen LogP contribution in [-0.4, -0.2) is 35.8 Å². The van der Waals surface area contributed by atoms with Crippen LogP contribution in [0, 0.1) is 17.7 Å². The van der Waals surface area contributed by atoms with Crippen molar-refractivity contribution in [2.45, 2.75) is 12.5 Å². The number of hydrogen-bond acceptors (Lipinski definition) is 3. The van der Waals surface area contributed by atoms with Gasteiger partial charge in [0, 0.05) is 22.7 Å². The first-order valence-corrected chi connectivity index (χ1v) is 11.0. The minimum atomic E-state index is -0.559. The molecule has 1 heterocycles. The van der Waals surface area contributed by atoms with E-state index in [1.807, 2.05) is 24.3 Å². The highest BCUT2D eigenvalue weighted by molar-refractivity contribution is 6.33. The van der Waals surface area contributed by atoms with Gasteiger partial charge in [-0.05, 0) is 60.5 Å². The lowest BCUT2D eigenvalue weighted by molar-refractivity contribution is 0.0916. The Hall–Kier alpha value is -3.79. The second-order valence-corrected chi connectivity index (χ2v) is 8.11. The fraction of sp³-hybridized carbons (Fsp3) is 0.148. The van der Waals surface area contributed by atoms with E-state index in [0.717, 1.165) is 16.5 Å². The molecule has 0 aliphatic heterocycles. The van der Waals surface area contributed by atoms with E-state index in [4.69, 9.17) is 16.3 Å². The van der Waals surface area contributed by atoms with E-state index in [9.17, 15) is 14.3 Å². The largest absolute Gasteiger partial charge is 0.495 e. The number of nitrogens with one attached hydrogen (secondary N) is 2. The molecule has 1 aromatic heterocycles. The minimum absolute atomic E-state index is 0.257. The molecule has 1 amide bonds. The molecule has 0 aliphatic rings. The van der Waals surface area contributed by atoms with E-state index < -0.39 is 11.9 Å². The molecule has 172 valence electrons. The van der Waals surface area contributed by atoms with Crippen LogP contribution in [0.15, 0.2) is 66.9 Å². The molecule has 0 aliphatic carbocycles. The van der Waals surface area contributed by atoms with Crippen molar-refractivity contribution in [1.82, 2.24) is 10.3 Å². The summed E-state index contributed by atoms with van der Waals surface area (Å²) in [5, 5.41) is 13.8. The number of H-pyrrole nitrogens is 1. The zero-order valence-corrected chi connectivity index (χ0v) is 19.1. The van der Waals surface area contributed by atoms with Crippen LogP contribution in [0.2, 0.25) is 5.02 Å². The van der Waals surface area contributed by atoms with Crippen LogP contribution >= 0.6 is 11.6 Å². The normalized spacial score (nSPS) is 11.5. The van der Waals surface area contributed by atoms with Crippen LogP contribution in [0.25, 0.3) is 10.9 Å². The summed E-state index contributed by atoms with van der Waals surface area (Å²) in [6, 6.07) is 16.3. The van der Waals surface area contributed by atoms with Crippen molar-refractivity contribution in [1.29, 1.82) is 0 Å². The fourth-order valence-electron chi connectivity index (χ4n) is 3.68. The Morgan fingerprint density at radius 2 is 2.00 bits per heavy atom. The van der Waals surface area contributed by atoms with Crippen molar-refractivity contribution in [3.63, 3.8) is 0 Å². The molecule has 3 aromatic carbocycles. The molecule has 0 bridgehead atoms. The summed E-state index contributed by atoms with van der Waals surface area (Å²) in [5.74, 6) is 5.99. The molecule has 3 N–H and O–H groups in total. The second-order valence-electron chi connectivity index (χ2n) is 7.71. The zero-order valence-electron chi connectivity index (χ0n) is 18.4. The lowest BCUT2D eigenvalue weighted by atomic mass is 10.0. The molecule has 7 heteroatoms. The number of benzene rings is 3. The highest BCUT2D eigenvalue weighted by atomic mass is 35.5. The third-order valence-electron chi connectivity index (χ3n) is 5.41. The number of carbonyl (C=O) groups excluding carboxylic acids is 1. The molecular formula is C27H22ClFN2O3. The molecule has 1 unspecified atom stereocenters. The Labute approximate surface area is 201 Å². The second kappa shape index (κ2) is 10.4. The van der Waals surface area contributed by atoms with Crippen LogP contribution in [0.3, 0.4) is 0 Å². The van der Waals surface area contributed by atoms with Crippen LogP contribution in [0.1, 0.15) is 27.0 Å². The van der Waals surface area contributed by atoms with Gasteiger partial charge in [-0.25, -0.2) is 4.39 Å². The number of aliphatic hydroxyl groups excluding tert-OH is 1. The van der Waals surface area contributed by atoms with Crippen LogP contribution < -0.4 is 10.1 Å². The number of halogens is 2. The lowest BCUT2D eigenvalue weighted by Gasteiger charge is -2.17. The van der Waals surface area contributed by atoms with Gasteiger partial charge in [-0.15, -0.1) is 0 Å². The predicted molar refractivity (Wildman–Crippen MR) is 131 cm³/mol. The van der Waals surface area contributed by atoms with E-state index in [1.165, 1.54) is 12.1 Å². The first-order chi connectivity index (χ1) is 16.5. The van der Waals surface area contributed by atoms with Gasteiger partial charge in [-0.3, -0.25) is 4.79 Å². The molecule has 1 atom stereocenters. The van der Waals surface area contributed by atoms with Crippen molar-refractivity contribution in [2.24, 2.45) is 0 Å². The van der Waals surface area contributed by atoms with Crippen LogP contribution in [-0.2, 0) is 6.42 Å². The Morgan fingerprint density at radius 1 is 1.18 bits per heavy atom. The maximum absolute atomic E-state index is 13.4. The number of para-hydroxylation sites is 1. The molecule has 0 saturated heterocycles. The number of fused-ring (bicyclic) bond motifs is 1. The third-order valence-corrected chi connectivity index (χ3v) is 5.74. The first-order valence-electron chi connectivity index (χ1n) is 10.6. The number of aromatic nitrogens is 1. The Balaban J connectivity index is 1.52. The first kappa shape index (κ1) is 23.4. The van der Waals surface area contributed by atoms with Crippen molar-refractivity contribution >= 4 is 28.4 Å². The monoisotopic (exact) mass is 476 g/mol. The fourth-order valence-corrected chi connectivity index (χ4v) is 3.89. The summed E-state index contributed by atoms with van der Waals surface area (Å²) in [4.78, 5) is 16.0. The van der Waals surface area contributed by atoms with E-state index in [0.29, 0.717) is 23.3 Å². The predicted octanol–water partition coefficient (Wildman–Crippen LogP) is 4.70. The van der Waals surface area contributed by atoms with Gasteiger partial charge in [0.25, 0.3) is 5.91 Å². The maximum Gasteiger partial charge on any atom is 0.253 e. The van der Waals surface area contributed by atoms with Gasteiger partial charge in [-0.2, -0.15) is 0 Å². The molecule has 0 saturated carbocycles. The summed E-state index contributed by atoms with van der Waals surface area (Å²) in [6.45, 7) is -0.273. The van der Waals surface area contributed by atoms with Gasteiger partial charge < -0.3 is 20.1 Å². The molecule has 0 fully saturated rings. The number of rotatable bonds is 6. The van der Waals surface area contributed by atoms with Crippen LogP contribution in [0.4, 0.5) is 4.39 Å². The Morgan fingerprint density at radius 3 is 2.79 bits per heavy atom. The summed E-state index contributed by atoms with van der Waals surface area (Å²) in [6.07, 6.45) is 2.11. The smallest absolute Gasteiger partial charge is 0.253 e. The van der Waals surface area contributed by atoms with Gasteiger partial charge >= 0.3 is 0 Å². The van der Waals surface area contributed by atoms with E-state index in [2.05, 4.69) is 22.1 Å². The van der Waals surface area contributed by atoms with Gasteiger partial charge in [0.1, 0.15) is 11.6 Å². The molecule has 34 heavy (non-hydrogen) atoms. The molecule has 5 nitrogen and oxygen atoms in total. The average molecular weight is 477 g/mol. The van der Waals surface area contributed by atoms with Crippen molar-refractivity contribution in [3.8, 4) is 17.6 Å². The van der Waals surface area contributed by atoms with E-state index in [1.54, 1.807) is 37.6 Å². The summed E-state index contributed by atoms with van der Waals surface area (Å²) in [5.41, 5.74) is 3.11. The Kier molecular flexibility index (Phi) is 7.17. The number of aromatic amines is 1. The van der Waals surface area contributed by atoms with Gasteiger partial charge in [0.05, 0.1) is 35.9 Å². The molecular weight excluding hydrogens is 455 g/mol. The van der Waals surface area contributed by atoms with E-state index >= 15 is 0 Å². The Bertz CT molecular complexity index is 1400. The number of methoxy groups -OCH3 is 1. The zero-order chi connectivity index (χ0) is 24.1. The number of ether oxygens (including phenoxy) is 1. The summed E-state index contributed by atoms with van der Waals surface area (Å²) in [7, 11) is 1.58. The van der Waals surface area contributed by atoms with Crippen molar-refractivity contribution < 1.29 is 19.0 Å². The third kappa shape index (κ3) is 5.23. The molecule has 4 rings (SSSR count). The maximum atomic E-state index is 13.4. The van der Waals surface area contributed by atoms with Gasteiger partial charge in [-0.1, -0.05) is 35.6 Å². The SMILES string of the molecule is COc1ccccc1C#Cc1ccc(Cl)c(C(=O)NC(CO)Cc2c[nH]c3cc(F)ccc23)c1. The summed E-state index contributed by atoms with van der Waals surface area (Å²) < 4.78 is 18.8. The van der Waals surface area contributed by atoms with Gasteiger partial charge in [0.2, 0.25) is 0 Å². The quantitative estimate of drug-likeness (QED) is 0.353. The molecule has 0 spiro atoms. The number of hydrogen-bond donors (Lipinski definition) is 3. The average Bonchev–Trinajstić information content (AvgIpc) is 3.24. The van der Waals surface area contributed by atoms with Crippen molar-refractivity contribution in [3.05, 3.63) is 100.0 Å². The summed E-state index contributed by atoms with van der Waals surface area (Å²) >= 11 is 6.29. The van der Waals surface area contributed by atoms with Crippen molar-refractivity contribution in [2.75, 3.05) is 13.7 Å². The topological polar surface area (TPSA) is 74.3 Å². The highest BCUT2D eigenvalue weighted by Gasteiger charge is 2.18. The molecule has 0 radical (unpaired) electrons. The lowest BCUT2D eigenvalue weighted by Crippen LogP contribution is -2.39. The minimum Gasteiger partial charge on any atom is -0.495 e. The number of carbonyl (C=O) groups is 1. The number of amides is 1. The van der Waals surface area contributed by atoms with E-state index in [-0.39, 0.29) is 23.0 Å². The number of aliphatic hydroxyl groups is 1. The standard InChI is InChI=1S/C27H22ClFN2O3/c1-34-26-5-3-2-4-18(26)8-6-17-7-11-24(28)23(12-17)27(33)31-21(16-32)13-19-15-30-25-14-20(29)9-10-22(19)25/h2-5,7,9-12,14-15,21,30,32H,13,16H2,1H3,(H,31,33). The highest BCUT2D eigenvalue weighted by Crippen LogP contribution is 2.22. The van der Waals surface area contributed by atoms with Crippen LogP contribution in [0.5, 0.6) is 5.75 Å². The van der Waals surface area contributed by atoms with Gasteiger partial charge in [0.15, 0.2) is 0 Å².